The Bertz CT molecular complexity index is 444. The minimum atomic E-state index is -1.12. The Kier molecular flexibility index (Phi) is 2.38. The van der Waals surface area contributed by atoms with Crippen LogP contribution >= 0.6 is 11.3 Å². The Morgan fingerprint density at radius 2 is 2.06 bits per heavy atom. The summed E-state index contributed by atoms with van der Waals surface area (Å²) in [5, 5.41) is 9.74. The van der Waals surface area contributed by atoms with Gasteiger partial charge in [-0.2, -0.15) is 0 Å². The van der Waals surface area contributed by atoms with Crippen molar-refractivity contribution in [3.63, 3.8) is 0 Å². The van der Waals surface area contributed by atoms with Crippen LogP contribution in [0.15, 0.2) is 0 Å². The van der Waals surface area contributed by atoms with Gasteiger partial charge in [0.2, 0.25) is 0 Å². The molecule has 4 nitrogen and oxygen atoms in total. The topological polar surface area (TPSA) is 67.3 Å². The molecule has 1 fully saturated rings. The SMILES string of the molecule is CC(=O)c1sc(C2CC2(C)C)nc1C(=O)O. The molecule has 1 N–H and O–H groups in total. The molecule has 1 aliphatic carbocycles. The van der Waals surface area contributed by atoms with Gasteiger partial charge >= 0.3 is 5.97 Å². The molecule has 0 aliphatic heterocycles. The number of carboxylic acids is 1. The van der Waals surface area contributed by atoms with Crippen LogP contribution in [0.1, 0.15) is 58.3 Å². The summed E-state index contributed by atoms with van der Waals surface area (Å²) in [4.78, 5) is 26.6. The first-order valence-electron chi connectivity index (χ1n) is 5.08. The molecule has 1 aromatic rings. The highest BCUT2D eigenvalue weighted by atomic mass is 32.1. The number of aromatic nitrogens is 1. The normalized spacial score (nSPS) is 21.8. The molecule has 1 aliphatic rings. The van der Waals surface area contributed by atoms with Crippen LogP contribution in [0, 0.1) is 5.41 Å². The largest absolute Gasteiger partial charge is 0.476 e. The van der Waals surface area contributed by atoms with Gasteiger partial charge in [0.25, 0.3) is 0 Å². The van der Waals surface area contributed by atoms with E-state index < -0.39 is 5.97 Å². The van der Waals surface area contributed by atoms with Gasteiger partial charge in [0.15, 0.2) is 11.5 Å². The molecule has 16 heavy (non-hydrogen) atoms. The number of rotatable bonds is 3. The zero-order chi connectivity index (χ0) is 12.1. The summed E-state index contributed by atoms with van der Waals surface area (Å²) in [7, 11) is 0. The molecule has 0 radical (unpaired) electrons. The summed E-state index contributed by atoms with van der Waals surface area (Å²) in [6, 6.07) is 0. The number of hydrogen-bond acceptors (Lipinski definition) is 4. The second-order valence-corrected chi connectivity index (χ2v) is 5.87. The van der Waals surface area contributed by atoms with Gasteiger partial charge in [-0.05, 0) is 11.8 Å². The number of carbonyl (C=O) groups excluding carboxylic acids is 1. The lowest BCUT2D eigenvalue weighted by Crippen LogP contribution is -2.03. The Hall–Kier alpha value is -1.23. The van der Waals surface area contributed by atoms with E-state index in [0.29, 0.717) is 5.92 Å². The van der Waals surface area contributed by atoms with Gasteiger partial charge in [-0.15, -0.1) is 11.3 Å². The summed E-state index contributed by atoms with van der Waals surface area (Å²) in [6.45, 7) is 5.61. The molecule has 86 valence electrons. The number of ketones is 1. The molecule has 0 bridgehead atoms. The van der Waals surface area contributed by atoms with Crippen molar-refractivity contribution in [1.29, 1.82) is 0 Å². The number of hydrogen-bond donors (Lipinski definition) is 1. The van der Waals surface area contributed by atoms with Crippen molar-refractivity contribution in [2.24, 2.45) is 5.41 Å². The molecule has 5 heteroatoms. The van der Waals surface area contributed by atoms with Gasteiger partial charge < -0.3 is 5.11 Å². The number of thiazole rings is 1. The Labute approximate surface area is 97.3 Å². The second-order valence-electron chi connectivity index (χ2n) is 4.84. The number of nitrogens with zero attached hydrogens (tertiary/aromatic N) is 1. The second kappa shape index (κ2) is 3.38. The lowest BCUT2D eigenvalue weighted by molar-refractivity contribution is 0.0686. The molecule has 1 aromatic heterocycles. The molecule has 1 saturated carbocycles. The minimum Gasteiger partial charge on any atom is -0.476 e. The standard InChI is InChI=1S/C11H13NO3S/c1-5(13)8-7(10(14)15)12-9(16-8)6-4-11(6,2)3/h6H,4H2,1-3H3,(H,14,15). The average Bonchev–Trinajstić information content (AvgIpc) is 2.64. The molecule has 1 heterocycles. The predicted molar refractivity (Wildman–Crippen MR) is 60.2 cm³/mol. The molecule has 0 aromatic carbocycles. The van der Waals surface area contributed by atoms with Crippen LogP contribution in [0.5, 0.6) is 0 Å². The first kappa shape index (κ1) is 11.3. The molecule has 1 unspecified atom stereocenters. The highest BCUT2D eigenvalue weighted by Gasteiger charge is 2.49. The van der Waals surface area contributed by atoms with Crippen LogP contribution in [-0.4, -0.2) is 21.8 Å². The van der Waals surface area contributed by atoms with Crippen molar-refractivity contribution < 1.29 is 14.7 Å². The summed E-state index contributed by atoms with van der Waals surface area (Å²) >= 11 is 1.23. The van der Waals surface area contributed by atoms with Gasteiger partial charge in [0.05, 0.1) is 5.01 Å². The van der Waals surface area contributed by atoms with Crippen LogP contribution in [0.2, 0.25) is 0 Å². The van der Waals surface area contributed by atoms with Crippen LogP contribution in [0.3, 0.4) is 0 Å². The van der Waals surface area contributed by atoms with E-state index in [0.717, 1.165) is 11.4 Å². The van der Waals surface area contributed by atoms with Crippen LogP contribution in [0.4, 0.5) is 0 Å². The maximum absolute atomic E-state index is 11.3. The monoisotopic (exact) mass is 239 g/mol. The lowest BCUT2D eigenvalue weighted by atomic mass is 10.1. The van der Waals surface area contributed by atoms with E-state index in [-0.39, 0.29) is 21.8 Å². The third-order valence-corrected chi connectivity index (χ3v) is 4.25. The summed E-state index contributed by atoms with van der Waals surface area (Å²) < 4.78 is 0. The molecule has 0 amide bonds. The fourth-order valence-corrected chi connectivity index (χ4v) is 3.02. The molecule has 0 spiro atoms. The van der Waals surface area contributed by atoms with Crippen molar-refractivity contribution in [2.75, 3.05) is 0 Å². The Morgan fingerprint density at radius 3 is 2.38 bits per heavy atom. The highest BCUT2D eigenvalue weighted by molar-refractivity contribution is 7.14. The van der Waals surface area contributed by atoms with Crippen molar-refractivity contribution in [3.8, 4) is 0 Å². The Balaban J connectivity index is 2.40. The number of carboxylic acid groups (broad SMARTS) is 1. The van der Waals surface area contributed by atoms with Crippen LogP contribution < -0.4 is 0 Å². The quantitative estimate of drug-likeness (QED) is 0.823. The maximum Gasteiger partial charge on any atom is 0.356 e. The van der Waals surface area contributed by atoms with Crippen molar-refractivity contribution in [2.45, 2.75) is 33.1 Å². The molecule has 0 saturated heterocycles. The maximum atomic E-state index is 11.3. The van der Waals surface area contributed by atoms with E-state index in [4.69, 9.17) is 5.11 Å². The lowest BCUT2D eigenvalue weighted by Gasteiger charge is -1.97. The summed E-state index contributed by atoms with van der Waals surface area (Å²) in [6.07, 6.45) is 1.01. The zero-order valence-corrected chi connectivity index (χ0v) is 10.2. The van der Waals surface area contributed by atoms with Crippen LogP contribution in [0.25, 0.3) is 0 Å². The number of Topliss-reactive ketones (excluding diaryl/α,β-unsaturated/α-hetero) is 1. The third-order valence-electron chi connectivity index (χ3n) is 2.98. The minimum absolute atomic E-state index is 0.0878. The van der Waals surface area contributed by atoms with E-state index >= 15 is 0 Å². The van der Waals surface area contributed by atoms with Crippen molar-refractivity contribution >= 4 is 23.1 Å². The summed E-state index contributed by atoms with van der Waals surface area (Å²) in [5.74, 6) is -1.03. The van der Waals surface area contributed by atoms with E-state index in [1.54, 1.807) is 0 Å². The third kappa shape index (κ3) is 1.75. The molecule has 1 atom stereocenters. The van der Waals surface area contributed by atoms with E-state index in [2.05, 4.69) is 18.8 Å². The van der Waals surface area contributed by atoms with Gasteiger partial charge in [-0.3, -0.25) is 4.79 Å². The predicted octanol–water partition coefficient (Wildman–Crippen LogP) is 2.56. The highest BCUT2D eigenvalue weighted by Crippen LogP contribution is 2.59. The fraction of sp³-hybridized carbons (Fsp3) is 0.545. The van der Waals surface area contributed by atoms with Crippen molar-refractivity contribution in [1.82, 2.24) is 4.98 Å². The van der Waals surface area contributed by atoms with Gasteiger partial charge in [-0.25, -0.2) is 9.78 Å². The fourth-order valence-electron chi connectivity index (χ4n) is 1.76. The molecular weight excluding hydrogens is 226 g/mol. The number of aromatic carboxylic acids is 1. The first-order valence-corrected chi connectivity index (χ1v) is 5.89. The molecular formula is C11H13NO3S. The van der Waals surface area contributed by atoms with Crippen molar-refractivity contribution in [3.05, 3.63) is 15.6 Å². The van der Waals surface area contributed by atoms with Crippen LogP contribution in [-0.2, 0) is 0 Å². The first-order chi connectivity index (χ1) is 7.33. The van der Waals surface area contributed by atoms with E-state index in [9.17, 15) is 9.59 Å². The van der Waals surface area contributed by atoms with Gasteiger partial charge in [0.1, 0.15) is 4.88 Å². The smallest absolute Gasteiger partial charge is 0.356 e. The summed E-state index contributed by atoms with van der Waals surface area (Å²) in [5.41, 5.74) is 0.108. The van der Waals surface area contributed by atoms with Gasteiger partial charge in [-0.1, -0.05) is 13.8 Å². The van der Waals surface area contributed by atoms with E-state index in [1.165, 1.54) is 18.3 Å². The zero-order valence-electron chi connectivity index (χ0n) is 9.40. The average molecular weight is 239 g/mol. The molecule has 2 rings (SSSR count). The number of carbonyl (C=O) groups is 2. The van der Waals surface area contributed by atoms with E-state index in [1.807, 2.05) is 0 Å². The van der Waals surface area contributed by atoms with Gasteiger partial charge in [0, 0.05) is 12.8 Å². The Morgan fingerprint density at radius 1 is 1.50 bits per heavy atom.